The molecule has 0 atom stereocenters. The Balaban J connectivity index is 3.07. The fourth-order valence-corrected chi connectivity index (χ4v) is 1.94. The Morgan fingerprint density at radius 2 is 1.83 bits per heavy atom. The molecule has 18 heavy (non-hydrogen) atoms. The number of aryl methyl sites for hydroxylation is 1. The standard InChI is InChI=1S/C14H26N4/c1-6-9-15-13-11(4)14(18(5)10-7-2)17-12(8-3)16-13/h6-10H2,1-5H3,(H,15,16,17). The lowest BCUT2D eigenvalue weighted by Gasteiger charge is -2.22. The van der Waals surface area contributed by atoms with Crippen molar-refractivity contribution >= 4 is 11.6 Å². The van der Waals surface area contributed by atoms with Crippen molar-refractivity contribution in [3.05, 3.63) is 11.4 Å². The summed E-state index contributed by atoms with van der Waals surface area (Å²) in [4.78, 5) is 11.5. The Morgan fingerprint density at radius 3 is 2.39 bits per heavy atom. The van der Waals surface area contributed by atoms with Gasteiger partial charge < -0.3 is 10.2 Å². The van der Waals surface area contributed by atoms with Crippen LogP contribution in [0.1, 0.15) is 45.0 Å². The third-order valence-corrected chi connectivity index (χ3v) is 2.95. The maximum atomic E-state index is 4.65. The van der Waals surface area contributed by atoms with Crippen molar-refractivity contribution < 1.29 is 0 Å². The molecule has 1 N–H and O–H groups in total. The van der Waals surface area contributed by atoms with Crippen LogP contribution in [0.2, 0.25) is 0 Å². The number of nitrogens with zero attached hydrogens (tertiary/aromatic N) is 3. The molecule has 4 nitrogen and oxygen atoms in total. The molecule has 102 valence electrons. The monoisotopic (exact) mass is 250 g/mol. The van der Waals surface area contributed by atoms with Crippen molar-refractivity contribution in [2.24, 2.45) is 0 Å². The number of nitrogens with one attached hydrogen (secondary N) is 1. The van der Waals surface area contributed by atoms with E-state index in [1.807, 2.05) is 0 Å². The first-order chi connectivity index (χ1) is 8.63. The van der Waals surface area contributed by atoms with Crippen LogP contribution in [0.3, 0.4) is 0 Å². The van der Waals surface area contributed by atoms with Crippen LogP contribution in [0.15, 0.2) is 0 Å². The first-order valence-corrected chi connectivity index (χ1v) is 6.96. The van der Waals surface area contributed by atoms with E-state index in [0.29, 0.717) is 0 Å². The lowest BCUT2D eigenvalue weighted by molar-refractivity contribution is 0.813. The summed E-state index contributed by atoms with van der Waals surface area (Å²) in [5.74, 6) is 2.96. The largest absolute Gasteiger partial charge is 0.370 e. The summed E-state index contributed by atoms with van der Waals surface area (Å²) in [6, 6.07) is 0. The van der Waals surface area contributed by atoms with Gasteiger partial charge in [0.05, 0.1) is 0 Å². The van der Waals surface area contributed by atoms with Gasteiger partial charge >= 0.3 is 0 Å². The average Bonchev–Trinajstić information content (AvgIpc) is 2.37. The predicted molar refractivity (Wildman–Crippen MR) is 78.5 cm³/mol. The Morgan fingerprint density at radius 1 is 1.11 bits per heavy atom. The predicted octanol–water partition coefficient (Wildman–Crippen LogP) is 3.02. The molecule has 0 spiro atoms. The Hall–Kier alpha value is -1.32. The van der Waals surface area contributed by atoms with E-state index in [1.165, 1.54) is 0 Å². The second-order valence-electron chi connectivity index (χ2n) is 4.64. The Kier molecular flexibility index (Phi) is 5.89. The van der Waals surface area contributed by atoms with Crippen molar-refractivity contribution in [3.63, 3.8) is 0 Å². The summed E-state index contributed by atoms with van der Waals surface area (Å²) < 4.78 is 0. The third-order valence-electron chi connectivity index (χ3n) is 2.95. The van der Waals surface area contributed by atoms with Crippen LogP contribution in [0.5, 0.6) is 0 Å². The summed E-state index contributed by atoms with van der Waals surface area (Å²) in [7, 11) is 2.10. The number of aromatic nitrogens is 2. The van der Waals surface area contributed by atoms with Crippen LogP contribution in [0.4, 0.5) is 11.6 Å². The minimum absolute atomic E-state index is 0.869. The van der Waals surface area contributed by atoms with Crippen LogP contribution < -0.4 is 10.2 Å². The molecule has 0 radical (unpaired) electrons. The molecule has 0 fully saturated rings. The molecule has 1 heterocycles. The lowest BCUT2D eigenvalue weighted by atomic mass is 10.2. The molecule has 0 aliphatic heterocycles. The molecule has 0 bridgehead atoms. The highest BCUT2D eigenvalue weighted by molar-refractivity contribution is 5.58. The van der Waals surface area contributed by atoms with E-state index < -0.39 is 0 Å². The molecule has 1 rings (SSSR count). The van der Waals surface area contributed by atoms with Gasteiger partial charge in [0.25, 0.3) is 0 Å². The van der Waals surface area contributed by atoms with Crippen LogP contribution in [0, 0.1) is 6.92 Å². The maximum absolute atomic E-state index is 4.65. The molecular weight excluding hydrogens is 224 g/mol. The molecule has 1 aromatic heterocycles. The normalized spacial score (nSPS) is 10.5. The molecule has 0 aromatic carbocycles. The molecular formula is C14H26N4. The van der Waals surface area contributed by atoms with Gasteiger partial charge in [-0.2, -0.15) is 0 Å². The second-order valence-corrected chi connectivity index (χ2v) is 4.64. The highest BCUT2D eigenvalue weighted by Gasteiger charge is 2.12. The number of rotatable bonds is 7. The zero-order valence-corrected chi connectivity index (χ0v) is 12.4. The van der Waals surface area contributed by atoms with E-state index in [0.717, 1.165) is 55.4 Å². The lowest BCUT2D eigenvalue weighted by Crippen LogP contribution is -2.22. The second kappa shape index (κ2) is 7.19. The molecule has 4 heteroatoms. The van der Waals surface area contributed by atoms with E-state index in [-0.39, 0.29) is 0 Å². The smallest absolute Gasteiger partial charge is 0.137 e. The minimum Gasteiger partial charge on any atom is -0.370 e. The van der Waals surface area contributed by atoms with E-state index >= 15 is 0 Å². The van der Waals surface area contributed by atoms with Crippen LogP contribution in [-0.2, 0) is 6.42 Å². The van der Waals surface area contributed by atoms with Crippen LogP contribution >= 0.6 is 0 Å². The molecule has 0 unspecified atom stereocenters. The highest BCUT2D eigenvalue weighted by Crippen LogP contribution is 2.23. The molecule has 0 saturated heterocycles. The molecule has 1 aromatic rings. The molecule has 0 saturated carbocycles. The summed E-state index contributed by atoms with van der Waals surface area (Å²) in [5.41, 5.74) is 1.15. The van der Waals surface area contributed by atoms with Crippen molar-refractivity contribution in [3.8, 4) is 0 Å². The average molecular weight is 250 g/mol. The number of hydrogen-bond acceptors (Lipinski definition) is 4. The fraction of sp³-hybridized carbons (Fsp3) is 0.714. The van der Waals surface area contributed by atoms with Gasteiger partial charge in [0.15, 0.2) is 0 Å². The van der Waals surface area contributed by atoms with Crippen molar-refractivity contribution in [2.45, 2.75) is 47.0 Å². The van der Waals surface area contributed by atoms with Gasteiger partial charge in [-0.25, -0.2) is 9.97 Å². The van der Waals surface area contributed by atoms with E-state index in [2.05, 4.69) is 54.9 Å². The van der Waals surface area contributed by atoms with E-state index in [4.69, 9.17) is 0 Å². The zero-order valence-electron chi connectivity index (χ0n) is 12.4. The van der Waals surface area contributed by atoms with Gasteiger partial charge in [0.1, 0.15) is 17.5 Å². The zero-order chi connectivity index (χ0) is 13.5. The summed E-state index contributed by atoms with van der Waals surface area (Å²) in [5, 5.41) is 3.40. The summed E-state index contributed by atoms with van der Waals surface area (Å²) in [6.07, 6.45) is 3.10. The molecule has 0 amide bonds. The van der Waals surface area contributed by atoms with E-state index in [9.17, 15) is 0 Å². The van der Waals surface area contributed by atoms with Crippen LogP contribution in [0.25, 0.3) is 0 Å². The van der Waals surface area contributed by atoms with E-state index in [1.54, 1.807) is 0 Å². The SMILES string of the molecule is CCCNc1nc(CC)nc(N(C)CCC)c1C. The first kappa shape index (κ1) is 14.7. The molecule has 0 aliphatic rings. The van der Waals surface area contributed by atoms with Crippen LogP contribution in [-0.4, -0.2) is 30.1 Å². The van der Waals surface area contributed by atoms with Crippen molar-refractivity contribution in [1.29, 1.82) is 0 Å². The van der Waals surface area contributed by atoms with Gasteiger partial charge in [-0.1, -0.05) is 20.8 Å². The van der Waals surface area contributed by atoms with Gasteiger partial charge in [-0.05, 0) is 19.8 Å². The third kappa shape index (κ3) is 3.59. The Bertz CT molecular complexity index is 376. The number of anilines is 2. The van der Waals surface area contributed by atoms with Crippen molar-refractivity contribution in [2.75, 3.05) is 30.4 Å². The quantitative estimate of drug-likeness (QED) is 0.807. The summed E-state index contributed by atoms with van der Waals surface area (Å²) >= 11 is 0. The fourth-order valence-electron chi connectivity index (χ4n) is 1.94. The number of hydrogen-bond donors (Lipinski definition) is 1. The van der Waals surface area contributed by atoms with Crippen molar-refractivity contribution in [1.82, 2.24) is 9.97 Å². The summed E-state index contributed by atoms with van der Waals surface area (Å²) in [6.45, 7) is 10.5. The van der Waals surface area contributed by atoms with Gasteiger partial charge in [0.2, 0.25) is 0 Å². The Labute approximate surface area is 111 Å². The van der Waals surface area contributed by atoms with Gasteiger partial charge in [-0.3, -0.25) is 0 Å². The topological polar surface area (TPSA) is 41.1 Å². The maximum Gasteiger partial charge on any atom is 0.137 e. The first-order valence-electron chi connectivity index (χ1n) is 6.96. The van der Waals surface area contributed by atoms with Gasteiger partial charge in [0, 0.05) is 32.1 Å². The molecule has 0 aliphatic carbocycles. The minimum atomic E-state index is 0.869. The highest BCUT2D eigenvalue weighted by atomic mass is 15.2. The van der Waals surface area contributed by atoms with Gasteiger partial charge in [-0.15, -0.1) is 0 Å².